The molecule has 0 atom stereocenters. The fourth-order valence-corrected chi connectivity index (χ4v) is 1.62. The summed E-state index contributed by atoms with van der Waals surface area (Å²) in [5.41, 5.74) is 1.33. The van der Waals surface area contributed by atoms with Crippen molar-refractivity contribution in [1.82, 2.24) is 10.3 Å². The SMILES string of the molecule is CCNc1ccnc(C(=O)NCCOCCC(C)C)c1. The molecule has 20 heavy (non-hydrogen) atoms. The number of pyridine rings is 1. The molecule has 0 unspecified atom stereocenters. The van der Waals surface area contributed by atoms with Crippen LogP contribution in [-0.4, -0.2) is 37.2 Å². The van der Waals surface area contributed by atoms with Crippen molar-refractivity contribution >= 4 is 11.6 Å². The van der Waals surface area contributed by atoms with Crippen molar-refractivity contribution in [3.8, 4) is 0 Å². The monoisotopic (exact) mass is 279 g/mol. The molecule has 1 aromatic rings. The zero-order valence-corrected chi connectivity index (χ0v) is 12.6. The molecule has 112 valence electrons. The second kappa shape index (κ2) is 9.31. The molecular formula is C15H25N3O2. The first kappa shape index (κ1) is 16.4. The highest BCUT2D eigenvalue weighted by molar-refractivity contribution is 5.93. The number of anilines is 1. The number of hydrogen-bond acceptors (Lipinski definition) is 4. The Bertz CT molecular complexity index is 408. The summed E-state index contributed by atoms with van der Waals surface area (Å²) in [5.74, 6) is 0.472. The summed E-state index contributed by atoms with van der Waals surface area (Å²) in [4.78, 5) is 16.0. The zero-order chi connectivity index (χ0) is 14.8. The topological polar surface area (TPSA) is 63.2 Å². The molecule has 0 fully saturated rings. The molecule has 0 spiro atoms. The molecule has 1 aromatic heterocycles. The first-order valence-electron chi connectivity index (χ1n) is 7.19. The van der Waals surface area contributed by atoms with E-state index in [0.29, 0.717) is 24.8 Å². The summed E-state index contributed by atoms with van der Waals surface area (Å²) < 4.78 is 5.45. The van der Waals surface area contributed by atoms with Gasteiger partial charge in [-0.2, -0.15) is 0 Å². The van der Waals surface area contributed by atoms with Crippen molar-refractivity contribution in [1.29, 1.82) is 0 Å². The Balaban J connectivity index is 2.27. The average Bonchev–Trinajstić information content (AvgIpc) is 2.43. The van der Waals surface area contributed by atoms with Crippen LogP contribution in [0.3, 0.4) is 0 Å². The van der Waals surface area contributed by atoms with Crippen molar-refractivity contribution in [2.45, 2.75) is 27.2 Å². The van der Waals surface area contributed by atoms with Crippen LogP contribution < -0.4 is 10.6 Å². The number of carbonyl (C=O) groups is 1. The van der Waals surface area contributed by atoms with Gasteiger partial charge in [0, 0.05) is 31.6 Å². The van der Waals surface area contributed by atoms with Gasteiger partial charge in [-0.15, -0.1) is 0 Å². The van der Waals surface area contributed by atoms with E-state index in [1.807, 2.05) is 13.0 Å². The van der Waals surface area contributed by atoms with Gasteiger partial charge >= 0.3 is 0 Å². The van der Waals surface area contributed by atoms with E-state index in [2.05, 4.69) is 29.5 Å². The number of ether oxygens (including phenoxy) is 1. The summed E-state index contributed by atoms with van der Waals surface area (Å²) in [5, 5.41) is 5.95. The highest BCUT2D eigenvalue weighted by Crippen LogP contribution is 2.07. The molecule has 1 rings (SSSR count). The molecule has 1 amide bonds. The standard InChI is InChI=1S/C15H25N3O2/c1-4-16-13-5-7-17-14(11-13)15(19)18-8-10-20-9-6-12(2)3/h5,7,11-12H,4,6,8-10H2,1-3H3,(H,16,17)(H,18,19). The first-order chi connectivity index (χ1) is 9.63. The van der Waals surface area contributed by atoms with Gasteiger partial charge in [-0.1, -0.05) is 13.8 Å². The van der Waals surface area contributed by atoms with Crippen molar-refractivity contribution in [3.63, 3.8) is 0 Å². The van der Waals surface area contributed by atoms with Gasteiger partial charge in [0.15, 0.2) is 0 Å². The van der Waals surface area contributed by atoms with Crippen molar-refractivity contribution in [3.05, 3.63) is 24.0 Å². The fourth-order valence-electron chi connectivity index (χ4n) is 1.62. The Morgan fingerprint density at radius 2 is 2.20 bits per heavy atom. The van der Waals surface area contributed by atoms with Crippen molar-refractivity contribution < 1.29 is 9.53 Å². The number of carbonyl (C=O) groups excluding carboxylic acids is 1. The average molecular weight is 279 g/mol. The van der Waals surface area contributed by atoms with Gasteiger partial charge in [0.1, 0.15) is 5.69 Å². The molecule has 0 bridgehead atoms. The minimum absolute atomic E-state index is 0.169. The van der Waals surface area contributed by atoms with Crippen LogP contribution in [0.1, 0.15) is 37.7 Å². The number of amides is 1. The number of aromatic nitrogens is 1. The van der Waals surface area contributed by atoms with E-state index in [1.165, 1.54) is 0 Å². The van der Waals surface area contributed by atoms with Gasteiger partial charge in [-0.25, -0.2) is 0 Å². The van der Waals surface area contributed by atoms with E-state index in [9.17, 15) is 4.79 Å². The Morgan fingerprint density at radius 3 is 2.90 bits per heavy atom. The lowest BCUT2D eigenvalue weighted by Crippen LogP contribution is -2.28. The van der Waals surface area contributed by atoms with Gasteiger partial charge in [0.25, 0.3) is 5.91 Å². The van der Waals surface area contributed by atoms with Crippen LogP contribution in [0, 0.1) is 5.92 Å². The van der Waals surface area contributed by atoms with Gasteiger partial charge < -0.3 is 15.4 Å². The van der Waals surface area contributed by atoms with Crippen LogP contribution in [0.5, 0.6) is 0 Å². The molecular weight excluding hydrogens is 254 g/mol. The quantitative estimate of drug-likeness (QED) is 0.681. The Kier molecular flexibility index (Phi) is 7.65. The molecule has 0 saturated carbocycles. The minimum Gasteiger partial charge on any atom is -0.385 e. The maximum Gasteiger partial charge on any atom is 0.270 e. The maximum atomic E-state index is 11.9. The second-order valence-corrected chi connectivity index (χ2v) is 5.01. The maximum absolute atomic E-state index is 11.9. The van der Waals surface area contributed by atoms with E-state index < -0.39 is 0 Å². The molecule has 0 aliphatic carbocycles. The van der Waals surface area contributed by atoms with Crippen LogP contribution in [0.2, 0.25) is 0 Å². The van der Waals surface area contributed by atoms with E-state index in [-0.39, 0.29) is 5.91 Å². The Morgan fingerprint density at radius 1 is 1.40 bits per heavy atom. The summed E-state index contributed by atoms with van der Waals surface area (Å²) >= 11 is 0. The molecule has 0 aromatic carbocycles. The third kappa shape index (κ3) is 6.52. The zero-order valence-electron chi connectivity index (χ0n) is 12.6. The summed E-state index contributed by atoms with van der Waals surface area (Å²) in [6, 6.07) is 3.59. The highest BCUT2D eigenvalue weighted by atomic mass is 16.5. The lowest BCUT2D eigenvalue weighted by atomic mass is 10.1. The number of hydrogen-bond donors (Lipinski definition) is 2. The molecule has 2 N–H and O–H groups in total. The highest BCUT2D eigenvalue weighted by Gasteiger charge is 2.06. The largest absolute Gasteiger partial charge is 0.385 e. The van der Waals surface area contributed by atoms with Crippen molar-refractivity contribution in [2.24, 2.45) is 5.92 Å². The molecule has 5 heteroatoms. The lowest BCUT2D eigenvalue weighted by Gasteiger charge is -2.08. The van der Waals surface area contributed by atoms with Gasteiger partial charge in [-0.3, -0.25) is 9.78 Å². The molecule has 5 nitrogen and oxygen atoms in total. The lowest BCUT2D eigenvalue weighted by molar-refractivity contribution is 0.0901. The third-order valence-corrected chi connectivity index (χ3v) is 2.74. The van der Waals surface area contributed by atoms with Gasteiger partial charge in [-0.05, 0) is 31.4 Å². The number of nitrogens with zero attached hydrogens (tertiary/aromatic N) is 1. The second-order valence-electron chi connectivity index (χ2n) is 5.01. The number of nitrogens with one attached hydrogen (secondary N) is 2. The van der Waals surface area contributed by atoms with Gasteiger partial charge in [0.05, 0.1) is 6.61 Å². The molecule has 0 aliphatic heterocycles. The summed E-state index contributed by atoms with van der Waals surface area (Å²) in [6.45, 7) is 8.92. The van der Waals surface area contributed by atoms with E-state index >= 15 is 0 Å². The summed E-state index contributed by atoms with van der Waals surface area (Å²) in [7, 11) is 0. The van der Waals surface area contributed by atoms with E-state index in [4.69, 9.17) is 4.74 Å². The smallest absolute Gasteiger partial charge is 0.270 e. The molecule has 0 saturated heterocycles. The van der Waals surface area contributed by atoms with Crippen molar-refractivity contribution in [2.75, 3.05) is 31.6 Å². The predicted octanol–water partition coefficient (Wildman–Crippen LogP) is 2.31. The summed E-state index contributed by atoms with van der Waals surface area (Å²) in [6.07, 6.45) is 2.67. The Labute approximate surface area is 121 Å². The van der Waals surface area contributed by atoms with Crippen LogP contribution in [0.15, 0.2) is 18.3 Å². The third-order valence-electron chi connectivity index (χ3n) is 2.74. The van der Waals surface area contributed by atoms with Crippen LogP contribution in [0.25, 0.3) is 0 Å². The predicted molar refractivity (Wildman–Crippen MR) is 81.0 cm³/mol. The number of rotatable bonds is 9. The molecule has 0 aliphatic rings. The fraction of sp³-hybridized carbons (Fsp3) is 0.600. The first-order valence-corrected chi connectivity index (χ1v) is 7.19. The minimum atomic E-state index is -0.169. The van der Waals surface area contributed by atoms with E-state index in [0.717, 1.165) is 25.3 Å². The van der Waals surface area contributed by atoms with Gasteiger partial charge in [0.2, 0.25) is 0 Å². The van der Waals surface area contributed by atoms with Crippen LogP contribution in [-0.2, 0) is 4.74 Å². The molecule has 1 heterocycles. The van der Waals surface area contributed by atoms with Crippen LogP contribution >= 0.6 is 0 Å². The van der Waals surface area contributed by atoms with E-state index in [1.54, 1.807) is 12.3 Å². The molecule has 0 radical (unpaired) electrons. The van der Waals surface area contributed by atoms with Crippen LogP contribution in [0.4, 0.5) is 5.69 Å². The Hall–Kier alpha value is -1.62. The normalized spacial score (nSPS) is 10.6.